The molecule has 1 aliphatic carbocycles. The molecule has 1 heterocycles. The number of rotatable bonds is 7. The van der Waals surface area contributed by atoms with Crippen molar-refractivity contribution < 1.29 is 0 Å². The number of hydrogen-bond donors (Lipinski definition) is 1. The first kappa shape index (κ1) is 14.3. The molecule has 2 unspecified atom stereocenters. The van der Waals surface area contributed by atoms with Crippen LogP contribution in [0.25, 0.3) is 5.69 Å². The van der Waals surface area contributed by atoms with Crippen molar-refractivity contribution in [1.29, 1.82) is 0 Å². The van der Waals surface area contributed by atoms with Crippen LogP contribution < -0.4 is 5.32 Å². The smallest absolute Gasteiger partial charge is 0.0645 e. The molecule has 1 aromatic heterocycles. The molecule has 1 aliphatic rings. The fourth-order valence-electron chi connectivity index (χ4n) is 3.02. The van der Waals surface area contributed by atoms with Crippen LogP contribution in [-0.4, -0.2) is 16.3 Å². The molecular formula is C18H25N3. The van der Waals surface area contributed by atoms with Gasteiger partial charge in [-0.05, 0) is 49.8 Å². The van der Waals surface area contributed by atoms with Crippen LogP contribution in [0.1, 0.15) is 44.7 Å². The van der Waals surface area contributed by atoms with E-state index in [1.807, 2.05) is 16.9 Å². The SMILES string of the molecule is CCCNC(c1cnn(-c2ccccc2)c1)C(C)C1CC1. The second-order valence-electron chi connectivity index (χ2n) is 6.18. The molecule has 2 aromatic rings. The summed E-state index contributed by atoms with van der Waals surface area (Å²) in [5.74, 6) is 1.57. The maximum absolute atomic E-state index is 4.55. The highest BCUT2D eigenvalue weighted by Gasteiger charge is 2.34. The van der Waals surface area contributed by atoms with Gasteiger partial charge in [-0.25, -0.2) is 4.68 Å². The Bertz CT molecular complexity index is 557. The molecule has 0 amide bonds. The highest BCUT2D eigenvalue weighted by atomic mass is 15.3. The quantitative estimate of drug-likeness (QED) is 0.833. The molecule has 0 bridgehead atoms. The van der Waals surface area contributed by atoms with Gasteiger partial charge in [0.05, 0.1) is 11.9 Å². The van der Waals surface area contributed by atoms with E-state index in [-0.39, 0.29) is 0 Å². The van der Waals surface area contributed by atoms with Crippen LogP contribution in [0.4, 0.5) is 0 Å². The summed E-state index contributed by atoms with van der Waals surface area (Å²) in [6, 6.07) is 10.8. The Balaban J connectivity index is 1.80. The number of nitrogens with zero attached hydrogens (tertiary/aromatic N) is 2. The summed E-state index contributed by atoms with van der Waals surface area (Å²) in [6.45, 7) is 5.67. The Labute approximate surface area is 127 Å². The van der Waals surface area contributed by atoms with Crippen LogP contribution in [0.5, 0.6) is 0 Å². The zero-order valence-electron chi connectivity index (χ0n) is 13.0. The number of para-hydroxylation sites is 1. The summed E-state index contributed by atoms with van der Waals surface area (Å²) < 4.78 is 1.98. The molecule has 112 valence electrons. The first-order chi connectivity index (χ1) is 10.3. The van der Waals surface area contributed by atoms with Gasteiger partial charge in [0, 0.05) is 17.8 Å². The van der Waals surface area contributed by atoms with Gasteiger partial charge >= 0.3 is 0 Å². The van der Waals surface area contributed by atoms with Crippen LogP contribution in [0.15, 0.2) is 42.7 Å². The Morgan fingerprint density at radius 2 is 2.05 bits per heavy atom. The van der Waals surface area contributed by atoms with E-state index in [9.17, 15) is 0 Å². The molecule has 2 atom stereocenters. The molecule has 3 heteroatoms. The fourth-order valence-corrected chi connectivity index (χ4v) is 3.02. The lowest BCUT2D eigenvalue weighted by Gasteiger charge is -2.24. The van der Waals surface area contributed by atoms with Gasteiger partial charge in [-0.15, -0.1) is 0 Å². The Morgan fingerprint density at radius 3 is 2.71 bits per heavy atom. The summed E-state index contributed by atoms with van der Waals surface area (Å²) in [5.41, 5.74) is 2.43. The van der Waals surface area contributed by atoms with Gasteiger partial charge in [0.2, 0.25) is 0 Å². The highest BCUT2D eigenvalue weighted by Crippen LogP contribution is 2.42. The van der Waals surface area contributed by atoms with Gasteiger partial charge in [-0.2, -0.15) is 5.10 Å². The third kappa shape index (κ3) is 3.35. The van der Waals surface area contributed by atoms with Gasteiger partial charge in [0.25, 0.3) is 0 Å². The van der Waals surface area contributed by atoms with Crippen molar-refractivity contribution in [2.45, 2.75) is 39.2 Å². The Hall–Kier alpha value is -1.61. The fraction of sp³-hybridized carbons (Fsp3) is 0.500. The lowest BCUT2D eigenvalue weighted by Crippen LogP contribution is -2.28. The maximum atomic E-state index is 4.55. The summed E-state index contributed by atoms with van der Waals surface area (Å²) in [5, 5.41) is 8.27. The first-order valence-corrected chi connectivity index (χ1v) is 8.13. The van der Waals surface area contributed by atoms with Crippen molar-refractivity contribution in [2.75, 3.05) is 6.54 Å². The second-order valence-corrected chi connectivity index (χ2v) is 6.18. The summed E-state index contributed by atoms with van der Waals surface area (Å²) in [4.78, 5) is 0. The van der Waals surface area contributed by atoms with Crippen LogP contribution >= 0.6 is 0 Å². The van der Waals surface area contributed by atoms with Gasteiger partial charge < -0.3 is 5.32 Å². The highest BCUT2D eigenvalue weighted by molar-refractivity contribution is 5.31. The van der Waals surface area contributed by atoms with E-state index >= 15 is 0 Å². The predicted octanol–water partition coefficient (Wildman–Crippen LogP) is 3.96. The molecule has 0 spiro atoms. The van der Waals surface area contributed by atoms with Gasteiger partial charge in [-0.1, -0.05) is 32.0 Å². The van der Waals surface area contributed by atoms with E-state index in [2.05, 4.69) is 54.7 Å². The van der Waals surface area contributed by atoms with Gasteiger partial charge in [0.1, 0.15) is 0 Å². The van der Waals surface area contributed by atoms with Crippen molar-refractivity contribution in [3.05, 3.63) is 48.3 Å². The molecule has 3 rings (SSSR count). The molecule has 1 saturated carbocycles. The zero-order chi connectivity index (χ0) is 14.7. The molecule has 0 saturated heterocycles. The van der Waals surface area contributed by atoms with E-state index in [4.69, 9.17) is 0 Å². The van der Waals surface area contributed by atoms with Gasteiger partial charge in [-0.3, -0.25) is 0 Å². The molecular weight excluding hydrogens is 258 g/mol. The summed E-state index contributed by atoms with van der Waals surface area (Å²) >= 11 is 0. The van der Waals surface area contributed by atoms with E-state index in [0.717, 1.165) is 18.2 Å². The lowest BCUT2D eigenvalue weighted by atomic mass is 9.92. The summed E-state index contributed by atoms with van der Waals surface area (Å²) in [6.07, 6.45) is 8.15. The minimum Gasteiger partial charge on any atom is -0.310 e. The van der Waals surface area contributed by atoms with Crippen LogP contribution in [-0.2, 0) is 0 Å². The molecule has 1 aromatic carbocycles. The van der Waals surface area contributed by atoms with Gasteiger partial charge in [0.15, 0.2) is 0 Å². The standard InChI is InChI=1S/C18H25N3/c1-3-11-19-18(14(2)15-9-10-15)16-12-20-21(13-16)17-7-5-4-6-8-17/h4-8,12-15,18-19H,3,9-11H2,1-2H3. The normalized spacial score (nSPS) is 17.6. The van der Waals surface area contributed by atoms with Crippen molar-refractivity contribution in [3.63, 3.8) is 0 Å². The molecule has 1 N–H and O–H groups in total. The average Bonchev–Trinajstić information content (AvgIpc) is 3.27. The topological polar surface area (TPSA) is 29.9 Å². The molecule has 21 heavy (non-hydrogen) atoms. The van der Waals surface area contributed by atoms with Crippen molar-refractivity contribution >= 4 is 0 Å². The third-order valence-electron chi connectivity index (χ3n) is 4.49. The number of nitrogens with one attached hydrogen (secondary N) is 1. The minimum atomic E-state index is 0.426. The van der Waals surface area contributed by atoms with Crippen molar-refractivity contribution in [2.24, 2.45) is 11.8 Å². The van der Waals surface area contributed by atoms with Crippen LogP contribution in [0.3, 0.4) is 0 Å². The minimum absolute atomic E-state index is 0.426. The largest absolute Gasteiger partial charge is 0.310 e. The first-order valence-electron chi connectivity index (χ1n) is 8.13. The van der Waals surface area contributed by atoms with E-state index in [1.165, 1.54) is 24.8 Å². The Morgan fingerprint density at radius 1 is 1.29 bits per heavy atom. The van der Waals surface area contributed by atoms with Crippen molar-refractivity contribution in [1.82, 2.24) is 15.1 Å². The molecule has 0 aliphatic heterocycles. The molecule has 0 radical (unpaired) electrons. The Kier molecular flexibility index (Phi) is 4.39. The number of aromatic nitrogens is 2. The number of benzene rings is 1. The molecule has 1 fully saturated rings. The van der Waals surface area contributed by atoms with Crippen LogP contribution in [0.2, 0.25) is 0 Å². The van der Waals surface area contributed by atoms with Crippen LogP contribution in [0, 0.1) is 11.8 Å². The van der Waals surface area contributed by atoms with E-state index in [0.29, 0.717) is 12.0 Å². The van der Waals surface area contributed by atoms with E-state index < -0.39 is 0 Å². The average molecular weight is 283 g/mol. The predicted molar refractivity (Wildman–Crippen MR) is 86.5 cm³/mol. The lowest BCUT2D eigenvalue weighted by molar-refractivity contribution is 0.350. The van der Waals surface area contributed by atoms with E-state index in [1.54, 1.807) is 0 Å². The maximum Gasteiger partial charge on any atom is 0.0645 e. The zero-order valence-corrected chi connectivity index (χ0v) is 13.0. The third-order valence-corrected chi connectivity index (χ3v) is 4.49. The van der Waals surface area contributed by atoms with Crippen molar-refractivity contribution in [3.8, 4) is 5.69 Å². The molecule has 3 nitrogen and oxygen atoms in total. The monoisotopic (exact) mass is 283 g/mol. The second kappa shape index (κ2) is 6.44. The summed E-state index contributed by atoms with van der Waals surface area (Å²) in [7, 11) is 0. The number of hydrogen-bond acceptors (Lipinski definition) is 2.